The molecule has 2 aromatic rings. The zero-order chi connectivity index (χ0) is 56.0. The lowest BCUT2D eigenvalue weighted by molar-refractivity contribution is -0.385. The minimum atomic E-state index is -1.18. The first-order valence-corrected chi connectivity index (χ1v) is 26.4. The fourth-order valence-corrected chi connectivity index (χ4v) is 9.28. The number of rotatable bonds is 14. The van der Waals surface area contributed by atoms with Crippen molar-refractivity contribution in [3.05, 3.63) is 79.9 Å². The van der Waals surface area contributed by atoms with Gasteiger partial charge in [0.1, 0.15) is 56.3 Å². The number of esters is 4. The molecule has 3 rings (SSSR count). The number of hydrogen-bond donors (Lipinski definition) is 0. The molecule has 0 aliphatic carbocycles. The molecule has 408 valence electrons. The normalized spacial score (nSPS) is 24.0. The van der Waals surface area contributed by atoms with E-state index < -0.39 is 82.3 Å². The molecule has 8 unspecified atom stereocenters. The van der Waals surface area contributed by atoms with Crippen LogP contribution in [0.5, 0.6) is 0 Å². The Morgan fingerprint density at radius 2 is 0.676 bits per heavy atom. The van der Waals surface area contributed by atoms with Gasteiger partial charge in [-0.05, 0) is 74.3 Å². The quantitative estimate of drug-likeness (QED) is 0.0570. The Kier molecular flexibility index (Phi) is 24.3. The number of thiocarbonyl (C=S) groups is 4. The molecule has 0 amide bonds. The monoisotopic (exact) mass is 1100 g/mol. The average molecular weight is 1100 g/mol. The first-order valence-electron chi connectivity index (χ1n) is 24.8. The van der Waals surface area contributed by atoms with Gasteiger partial charge in [-0.3, -0.25) is 20.2 Å². The van der Waals surface area contributed by atoms with Crippen molar-refractivity contribution < 1.29 is 48.0 Å². The van der Waals surface area contributed by atoms with E-state index in [-0.39, 0.29) is 93.5 Å². The van der Waals surface area contributed by atoms with E-state index in [9.17, 15) is 39.4 Å². The molecule has 22 heteroatoms. The molecule has 0 radical (unpaired) electrons. The topological polar surface area (TPSA) is 204 Å². The highest BCUT2D eigenvalue weighted by molar-refractivity contribution is 7.81. The van der Waals surface area contributed by atoms with E-state index in [0.29, 0.717) is 11.1 Å². The largest absolute Gasteiger partial charge is 0.454 e. The number of carbonyl (C=O) groups excluding carboxylic acids is 4. The number of carbonyl (C=O) groups is 4. The second kappa shape index (κ2) is 28.5. The predicted octanol–water partition coefficient (Wildman–Crippen LogP) is 8.68. The van der Waals surface area contributed by atoms with E-state index in [1.165, 1.54) is 43.9 Å². The second-order valence-corrected chi connectivity index (χ2v) is 22.3. The van der Waals surface area contributed by atoms with Gasteiger partial charge in [-0.1, -0.05) is 129 Å². The Morgan fingerprint density at radius 3 is 0.905 bits per heavy atom. The van der Waals surface area contributed by atoms with Crippen molar-refractivity contribution >= 4 is 104 Å². The van der Waals surface area contributed by atoms with Crippen molar-refractivity contribution in [1.29, 1.82) is 0 Å². The Labute approximate surface area is 457 Å². The van der Waals surface area contributed by atoms with Gasteiger partial charge in [0.05, 0.1) is 9.85 Å². The molecule has 0 bridgehead atoms. The molecule has 0 N–H and O–H groups in total. The lowest BCUT2D eigenvalue weighted by Gasteiger charge is -2.38. The van der Waals surface area contributed by atoms with E-state index in [1.54, 1.807) is 66.3 Å². The van der Waals surface area contributed by atoms with Gasteiger partial charge in [-0.2, -0.15) is 0 Å². The Balaban J connectivity index is 2.29. The first-order chi connectivity index (χ1) is 34.4. The molecule has 18 nitrogen and oxygen atoms in total. The number of non-ortho nitro benzene ring substituents is 2. The number of likely N-dealkylation sites (N-methyl/N-ethyl adjacent to an activating group) is 4. The van der Waals surface area contributed by atoms with E-state index >= 15 is 0 Å². The zero-order valence-electron chi connectivity index (χ0n) is 45.0. The smallest absolute Gasteiger partial charge is 0.329 e. The van der Waals surface area contributed by atoms with Crippen LogP contribution in [0.3, 0.4) is 0 Å². The molecule has 0 spiro atoms. The summed E-state index contributed by atoms with van der Waals surface area (Å²) in [7, 11) is 6.42. The summed E-state index contributed by atoms with van der Waals surface area (Å²) in [5, 5.41) is 23.1. The standard InChI is InChI=1S/C52H74N6O12S4/c1-29(2)23-39-49(59)67-33(9)45(71)53(11)42(26-32(7)8)52(62)70-44(28-36-17-21-38(22-18-36)58(65)66)48(74)56(14)40(24-30(3)4)50(60)68-34(10)46(72)54(12)41(25-31(5)6)51(61)69-43(47(73)55(39)13)27-35-15-19-37(20-16-35)57(63)64/h15-22,29-34,39-44H,23-28H2,1-14H3. The molecule has 74 heavy (non-hydrogen) atoms. The third-order valence-corrected chi connectivity index (χ3v) is 15.0. The van der Waals surface area contributed by atoms with Crippen LogP contribution in [0.15, 0.2) is 48.5 Å². The van der Waals surface area contributed by atoms with Crippen molar-refractivity contribution in [2.45, 2.75) is 156 Å². The number of nitrogens with zero attached hydrogens (tertiary/aromatic N) is 6. The van der Waals surface area contributed by atoms with Crippen LogP contribution in [0.4, 0.5) is 11.4 Å². The van der Waals surface area contributed by atoms with Crippen LogP contribution in [0, 0.1) is 43.9 Å². The van der Waals surface area contributed by atoms with Crippen LogP contribution in [0.2, 0.25) is 0 Å². The van der Waals surface area contributed by atoms with Gasteiger partial charge in [0, 0.05) is 65.3 Å². The number of benzene rings is 2. The summed E-state index contributed by atoms with van der Waals surface area (Å²) in [5.74, 6) is -3.08. The molecule has 1 saturated heterocycles. The lowest BCUT2D eigenvalue weighted by Crippen LogP contribution is -2.54. The van der Waals surface area contributed by atoms with Crippen LogP contribution in [0.25, 0.3) is 0 Å². The van der Waals surface area contributed by atoms with Gasteiger partial charge in [-0.15, -0.1) is 0 Å². The van der Waals surface area contributed by atoms with Crippen molar-refractivity contribution in [3.63, 3.8) is 0 Å². The first kappa shape index (κ1) is 63.0. The van der Waals surface area contributed by atoms with Gasteiger partial charge in [0.2, 0.25) is 0 Å². The molecule has 2 aromatic carbocycles. The van der Waals surface area contributed by atoms with Crippen LogP contribution in [-0.2, 0) is 51.0 Å². The summed E-state index contributed by atoms with van der Waals surface area (Å²) in [4.78, 5) is 86.9. The van der Waals surface area contributed by atoms with Crippen molar-refractivity contribution in [3.8, 4) is 0 Å². The van der Waals surface area contributed by atoms with Crippen LogP contribution < -0.4 is 0 Å². The number of ether oxygens (including phenoxy) is 4. The SMILES string of the molecule is CC(C)CC1C(=O)OC(Cc2ccc([N+](=O)[O-])cc2)C(=S)N(C)C(CC(C)C)C(=O)OC(C)C(=S)N(C)C(CC(C)C)C(=O)OC(Cc2ccc([N+](=O)[O-])cc2)C(=S)N(C)C(CC(C)C)C(=O)OC(C)C(=S)N1C. The highest BCUT2D eigenvalue weighted by Gasteiger charge is 2.40. The summed E-state index contributed by atoms with van der Waals surface area (Å²) in [6.07, 6.45) is -3.55. The number of nitro groups is 2. The summed E-state index contributed by atoms with van der Waals surface area (Å²) in [6.45, 7) is 18.6. The van der Waals surface area contributed by atoms with E-state index in [0.717, 1.165) is 0 Å². The maximum Gasteiger partial charge on any atom is 0.329 e. The molecule has 1 aliphatic rings. The molecule has 0 saturated carbocycles. The van der Waals surface area contributed by atoms with Crippen molar-refractivity contribution in [2.75, 3.05) is 28.2 Å². The summed E-state index contributed by atoms with van der Waals surface area (Å²) < 4.78 is 25.0. The highest BCUT2D eigenvalue weighted by Crippen LogP contribution is 2.26. The molecule has 0 aromatic heterocycles. The van der Waals surface area contributed by atoms with E-state index in [2.05, 4.69) is 0 Å². The van der Waals surface area contributed by atoms with Gasteiger partial charge < -0.3 is 38.5 Å². The third kappa shape index (κ3) is 17.9. The van der Waals surface area contributed by atoms with Crippen molar-refractivity contribution in [2.24, 2.45) is 23.7 Å². The molecule has 1 aliphatic heterocycles. The van der Waals surface area contributed by atoms with Gasteiger partial charge in [0.15, 0.2) is 12.2 Å². The van der Waals surface area contributed by atoms with Crippen LogP contribution in [-0.4, -0.2) is 150 Å². The Bertz CT molecular complexity index is 2170. The molecular weight excluding hydrogens is 1030 g/mol. The fourth-order valence-electron chi connectivity index (χ4n) is 8.42. The second-order valence-electron chi connectivity index (χ2n) is 20.6. The van der Waals surface area contributed by atoms with E-state index in [4.69, 9.17) is 67.8 Å². The summed E-state index contributed by atoms with van der Waals surface area (Å²) >= 11 is 24.1. The number of nitro benzene ring substituents is 2. The Morgan fingerprint density at radius 1 is 0.446 bits per heavy atom. The van der Waals surface area contributed by atoms with Crippen molar-refractivity contribution in [1.82, 2.24) is 19.6 Å². The maximum absolute atomic E-state index is 14.7. The van der Waals surface area contributed by atoms with Crippen LogP contribution in [0.1, 0.15) is 106 Å². The van der Waals surface area contributed by atoms with E-state index in [1.807, 2.05) is 55.4 Å². The molecular formula is C52H74N6O12S4. The Hall–Kier alpha value is -5.32. The third-order valence-electron chi connectivity index (χ3n) is 12.6. The lowest BCUT2D eigenvalue weighted by atomic mass is 10.00. The zero-order valence-corrected chi connectivity index (χ0v) is 48.3. The van der Waals surface area contributed by atoms with Gasteiger partial charge >= 0.3 is 23.9 Å². The van der Waals surface area contributed by atoms with Crippen LogP contribution >= 0.6 is 48.9 Å². The van der Waals surface area contributed by atoms with Gasteiger partial charge in [0.25, 0.3) is 11.4 Å². The summed E-state index contributed by atoms with van der Waals surface area (Å²) in [5.41, 5.74) is 0.832. The molecule has 1 heterocycles. The minimum Gasteiger partial charge on any atom is -0.454 e. The fraction of sp³-hybridized carbons (Fsp3) is 0.615. The van der Waals surface area contributed by atoms with Gasteiger partial charge in [-0.25, -0.2) is 19.2 Å². The number of hydrogen-bond acceptors (Lipinski definition) is 16. The average Bonchev–Trinajstić information content (AvgIpc) is 3.32. The molecule has 8 atom stereocenters. The maximum atomic E-state index is 14.7. The highest BCUT2D eigenvalue weighted by atomic mass is 32.1. The summed E-state index contributed by atoms with van der Waals surface area (Å²) in [6, 6.07) is 7.43. The predicted molar refractivity (Wildman–Crippen MR) is 299 cm³/mol. The minimum absolute atomic E-state index is 0.0209. The molecule has 1 fully saturated rings. The number of cyclic esters (lactones) is 4.